The first-order chi connectivity index (χ1) is 13.2. The summed E-state index contributed by atoms with van der Waals surface area (Å²) in [5.41, 5.74) is -4.49. The minimum atomic E-state index is -6.09. The fraction of sp³-hybridized carbons (Fsp3) is 0.312. The minimum Gasteiger partial charge on any atom is -0.741 e. The highest BCUT2D eigenvalue weighted by atomic mass is 32.2. The molecular weight excluding hydrogens is 421 g/mol. The zero-order valence-electron chi connectivity index (χ0n) is 15.7. The Hall–Kier alpha value is -2.93. The van der Waals surface area contributed by atoms with Crippen LogP contribution in [0, 0.1) is 0 Å². The van der Waals surface area contributed by atoms with Crippen molar-refractivity contribution in [3.63, 3.8) is 0 Å². The monoisotopic (exact) mass is 438 g/mol. The second-order valence-electron chi connectivity index (χ2n) is 5.69. The second-order valence-corrected chi connectivity index (χ2v) is 7.06. The number of benzene rings is 1. The molecule has 1 aromatic heterocycles. The molecule has 0 aliphatic rings. The van der Waals surface area contributed by atoms with E-state index in [-0.39, 0.29) is 0 Å². The summed E-state index contributed by atoms with van der Waals surface area (Å²) in [6, 6.07) is 7.02. The summed E-state index contributed by atoms with van der Waals surface area (Å²) < 4.78 is 70.7. The van der Waals surface area contributed by atoms with E-state index in [4.69, 9.17) is 22.4 Å². The molecule has 0 saturated heterocycles. The zero-order valence-corrected chi connectivity index (χ0v) is 16.5. The molecule has 1 aromatic carbocycles. The summed E-state index contributed by atoms with van der Waals surface area (Å²) in [6.45, 7) is 0. The van der Waals surface area contributed by atoms with Crippen LogP contribution in [0.25, 0.3) is 10.9 Å². The summed E-state index contributed by atoms with van der Waals surface area (Å²) in [5, 5.41) is 0.782. The molecule has 29 heavy (non-hydrogen) atoms. The number of aromatic nitrogens is 1. The number of aryl methyl sites for hydroxylation is 1. The van der Waals surface area contributed by atoms with E-state index in [1.807, 2.05) is 6.07 Å². The number of hydrogen-bond acceptors (Lipinski definition) is 7. The van der Waals surface area contributed by atoms with E-state index >= 15 is 0 Å². The van der Waals surface area contributed by atoms with E-state index < -0.39 is 27.7 Å². The molecule has 0 aliphatic carbocycles. The number of fused-ring (bicyclic) bond motifs is 1. The maximum Gasteiger partial charge on any atom is 0.485 e. The Morgan fingerprint density at radius 2 is 1.76 bits per heavy atom. The maximum absolute atomic E-state index is 11.7. The zero-order chi connectivity index (χ0) is 22.6. The molecule has 0 saturated carbocycles. The second kappa shape index (κ2) is 9.05. The number of ether oxygens (including phenoxy) is 2. The molecule has 0 fully saturated rings. The molecule has 0 bridgehead atoms. The lowest BCUT2D eigenvalue weighted by atomic mass is 10.1. The number of carbonyl (C=O) groups is 2. The molecule has 9 nitrogen and oxygen atoms in total. The lowest BCUT2D eigenvalue weighted by Gasteiger charge is -2.11. The predicted molar refractivity (Wildman–Crippen MR) is 91.9 cm³/mol. The number of amides is 1. The van der Waals surface area contributed by atoms with Gasteiger partial charge in [0.25, 0.3) is 5.52 Å². The first-order valence-corrected chi connectivity index (χ1v) is 9.02. The van der Waals surface area contributed by atoms with E-state index in [2.05, 4.69) is 0 Å². The number of nitrogens with zero attached hydrogens (tertiary/aromatic N) is 2. The Labute approximate surface area is 164 Å². The van der Waals surface area contributed by atoms with Crippen LogP contribution in [0.15, 0.2) is 30.5 Å². The Bertz CT molecular complexity index is 1020. The molecule has 0 aliphatic heterocycles. The SMILES string of the molecule is COC(=O)c1cc2cccc(OC(=O)N(C)C)c2[n+](C)c1.O=S(=O)([O-])C(F)(F)F. The van der Waals surface area contributed by atoms with Gasteiger partial charge in [0, 0.05) is 14.1 Å². The molecule has 160 valence electrons. The highest BCUT2D eigenvalue weighted by Gasteiger charge is 2.36. The smallest absolute Gasteiger partial charge is 0.485 e. The van der Waals surface area contributed by atoms with Crippen LogP contribution in [-0.4, -0.2) is 56.6 Å². The summed E-state index contributed by atoms with van der Waals surface area (Å²) in [6.07, 6.45) is 1.18. The molecule has 1 heterocycles. The lowest BCUT2D eigenvalue weighted by Crippen LogP contribution is -2.32. The third-order valence-electron chi connectivity index (χ3n) is 3.29. The van der Waals surface area contributed by atoms with Crippen molar-refractivity contribution in [1.82, 2.24) is 4.90 Å². The van der Waals surface area contributed by atoms with Crippen LogP contribution in [0.1, 0.15) is 10.4 Å². The van der Waals surface area contributed by atoms with Crippen molar-refractivity contribution in [3.05, 3.63) is 36.0 Å². The van der Waals surface area contributed by atoms with E-state index in [1.165, 1.54) is 12.0 Å². The molecule has 13 heteroatoms. The van der Waals surface area contributed by atoms with Crippen molar-refractivity contribution in [3.8, 4) is 5.75 Å². The molecular formula is C16H17F3N2O7S. The largest absolute Gasteiger partial charge is 0.741 e. The molecule has 0 radical (unpaired) electrons. The van der Waals surface area contributed by atoms with Crippen LogP contribution in [0.2, 0.25) is 0 Å². The number of hydrogen-bond donors (Lipinski definition) is 0. The Morgan fingerprint density at radius 3 is 2.21 bits per heavy atom. The molecule has 0 spiro atoms. The third-order valence-corrected chi connectivity index (χ3v) is 3.86. The number of halogens is 3. The van der Waals surface area contributed by atoms with Crippen LogP contribution in [0.4, 0.5) is 18.0 Å². The lowest BCUT2D eigenvalue weighted by molar-refractivity contribution is -0.645. The van der Waals surface area contributed by atoms with E-state index in [1.54, 1.807) is 50.1 Å². The van der Waals surface area contributed by atoms with E-state index in [9.17, 15) is 22.8 Å². The van der Waals surface area contributed by atoms with Gasteiger partial charge in [0.2, 0.25) is 5.75 Å². The standard InChI is InChI=1S/C15H17N2O4.CHF3O3S/c1-16(2)15(19)21-12-7-5-6-10-8-11(14(18)20-4)9-17(3)13(10)12;2-1(3,4)8(5,6)7/h5-9H,1-4H3;(H,5,6,7)/q+1;/p-1. The number of alkyl halides is 3. The summed E-state index contributed by atoms with van der Waals surface area (Å²) >= 11 is 0. The van der Waals surface area contributed by atoms with Gasteiger partial charge in [-0.1, -0.05) is 6.07 Å². The number of carbonyl (C=O) groups excluding carboxylic acids is 2. The summed E-state index contributed by atoms with van der Waals surface area (Å²) in [5.74, 6) is 0.0216. The normalized spacial score (nSPS) is 11.3. The van der Waals surface area contributed by atoms with Crippen LogP contribution >= 0.6 is 0 Å². The topological polar surface area (TPSA) is 117 Å². The van der Waals surface area contributed by atoms with Crippen LogP contribution < -0.4 is 9.30 Å². The molecule has 0 atom stereocenters. The van der Waals surface area contributed by atoms with Crippen molar-refractivity contribution in [2.24, 2.45) is 7.05 Å². The first-order valence-electron chi connectivity index (χ1n) is 7.61. The van der Waals surface area contributed by atoms with Gasteiger partial charge in [0.15, 0.2) is 16.3 Å². The first kappa shape index (κ1) is 24.1. The van der Waals surface area contributed by atoms with Crippen molar-refractivity contribution in [2.45, 2.75) is 5.51 Å². The van der Waals surface area contributed by atoms with Crippen molar-refractivity contribution in [2.75, 3.05) is 21.2 Å². The average molecular weight is 438 g/mol. The van der Waals surface area contributed by atoms with Crippen molar-refractivity contribution < 1.29 is 49.8 Å². The number of rotatable bonds is 2. The van der Waals surface area contributed by atoms with Gasteiger partial charge >= 0.3 is 17.6 Å². The van der Waals surface area contributed by atoms with Gasteiger partial charge in [0.05, 0.1) is 12.5 Å². The van der Waals surface area contributed by atoms with Crippen LogP contribution in [0.3, 0.4) is 0 Å². The fourth-order valence-corrected chi connectivity index (χ4v) is 2.01. The summed E-state index contributed by atoms with van der Waals surface area (Å²) in [4.78, 5) is 24.7. The fourth-order valence-electron chi connectivity index (χ4n) is 2.01. The number of para-hydroxylation sites is 1. The molecule has 0 unspecified atom stereocenters. The van der Waals surface area contributed by atoms with Gasteiger partial charge in [-0.25, -0.2) is 18.0 Å². The Balaban J connectivity index is 0.000000447. The van der Waals surface area contributed by atoms with Gasteiger partial charge in [-0.3, -0.25) is 0 Å². The Morgan fingerprint density at radius 1 is 1.21 bits per heavy atom. The van der Waals surface area contributed by atoms with Crippen molar-refractivity contribution >= 4 is 33.1 Å². The number of pyridine rings is 1. The number of methoxy groups -OCH3 is 1. The van der Waals surface area contributed by atoms with Crippen LogP contribution in [-0.2, 0) is 21.9 Å². The molecule has 1 amide bonds. The molecule has 2 aromatic rings. The van der Waals surface area contributed by atoms with E-state index in [0.29, 0.717) is 11.3 Å². The predicted octanol–water partition coefficient (Wildman–Crippen LogP) is 1.56. The number of esters is 1. The van der Waals surface area contributed by atoms with Crippen LogP contribution in [0.5, 0.6) is 5.75 Å². The minimum absolute atomic E-state index is 0.414. The van der Waals surface area contributed by atoms with Gasteiger partial charge in [-0.15, -0.1) is 0 Å². The maximum atomic E-state index is 11.7. The highest BCUT2D eigenvalue weighted by Crippen LogP contribution is 2.23. The average Bonchev–Trinajstić information content (AvgIpc) is 2.59. The van der Waals surface area contributed by atoms with Gasteiger partial charge in [-0.05, 0) is 18.2 Å². The quantitative estimate of drug-likeness (QED) is 0.302. The van der Waals surface area contributed by atoms with E-state index in [0.717, 1.165) is 10.9 Å². The van der Waals surface area contributed by atoms with Gasteiger partial charge < -0.3 is 18.9 Å². The molecule has 2 rings (SSSR count). The van der Waals surface area contributed by atoms with Gasteiger partial charge in [-0.2, -0.15) is 17.7 Å². The highest BCUT2D eigenvalue weighted by molar-refractivity contribution is 7.86. The Kier molecular flexibility index (Phi) is 7.52. The van der Waals surface area contributed by atoms with Gasteiger partial charge in [0.1, 0.15) is 12.6 Å². The molecule has 0 N–H and O–H groups in total. The van der Waals surface area contributed by atoms with Crippen molar-refractivity contribution in [1.29, 1.82) is 0 Å². The summed E-state index contributed by atoms with van der Waals surface area (Å²) in [7, 11) is 0.252. The third kappa shape index (κ3) is 6.29.